The maximum Gasteiger partial charge on any atom is 0.334 e. The summed E-state index contributed by atoms with van der Waals surface area (Å²) in [7, 11) is 0. The second-order valence-corrected chi connectivity index (χ2v) is 6.13. The van der Waals surface area contributed by atoms with Gasteiger partial charge in [-0.05, 0) is 33.1 Å². The van der Waals surface area contributed by atoms with Crippen molar-refractivity contribution in [1.82, 2.24) is 0 Å². The fourth-order valence-electron chi connectivity index (χ4n) is 3.33. The minimum atomic E-state index is -0.633. The molecule has 0 unspecified atom stereocenters. The SMILES string of the molecule is C=C1C(=O)O[C@H]2[C@H]1[C@H](O)C/C(C)=C\CC[C@]1(C)O[C@@H]21. The van der Waals surface area contributed by atoms with Gasteiger partial charge in [0.05, 0.1) is 17.6 Å². The zero-order chi connectivity index (χ0) is 13.8. The number of hydrogen-bond donors (Lipinski definition) is 1. The molecule has 0 saturated carbocycles. The van der Waals surface area contributed by atoms with Crippen LogP contribution in [0, 0.1) is 5.92 Å². The number of ether oxygens (including phenoxy) is 2. The van der Waals surface area contributed by atoms with Gasteiger partial charge >= 0.3 is 5.97 Å². The van der Waals surface area contributed by atoms with E-state index in [0.29, 0.717) is 12.0 Å². The molecule has 0 aromatic rings. The summed E-state index contributed by atoms with van der Waals surface area (Å²) >= 11 is 0. The lowest BCUT2D eigenvalue weighted by molar-refractivity contribution is -0.140. The lowest BCUT2D eigenvalue weighted by Gasteiger charge is -2.24. The molecule has 2 aliphatic heterocycles. The molecule has 3 aliphatic rings. The molecule has 0 spiro atoms. The number of rotatable bonds is 0. The van der Waals surface area contributed by atoms with Gasteiger partial charge in [-0.15, -0.1) is 0 Å². The molecule has 4 heteroatoms. The standard InChI is InChI=1S/C15H20O4/c1-8-5-4-6-15(3)13(19-15)12-11(10(16)7-8)9(2)14(17)18-12/h5,10-13,16H,2,4,6-7H2,1,3H3/b8-5-/t10-,11-,12+,13+,15+/m1/s1. The van der Waals surface area contributed by atoms with E-state index < -0.39 is 12.1 Å². The van der Waals surface area contributed by atoms with Gasteiger partial charge in [0.25, 0.3) is 0 Å². The third-order valence-corrected chi connectivity index (χ3v) is 4.58. The molecular weight excluding hydrogens is 244 g/mol. The van der Waals surface area contributed by atoms with Gasteiger partial charge in [-0.2, -0.15) is 0 Å². The van der Waals surface area contributed by atoms with E-state index >= 15 is 0 Å². The number of aliphatic hydroxyl groups is 1. The van der Waals surface area contributed by atoms with Crippen LogP contribution in [0.25, 0.3) is 0 Å². The Morgan fingerprint density at radius 3 is 3.00 bits per heavy atom. The van der Waals surface area contributed by atoms with E-state index in [0.717, 1.165) is 18.4 Å². The first kappa shape index (κ1) is 12.9. The molecule has 1 N–H and O–H groups in total. The number of carbonyl (C=O) groups excluding carboxylic acids is 1. The summed E-state index contributed by atoms with van der Waals surface area (Å²) in [6.45, 7) is 7.84. The molecule has 19 heavy (non-hydrogen) atoms. The van der Waals surface area contributed by atoms with E-state index in [1.54, 1.807) is 0 Å². The number of allylic oxidation sites excluding steroid dienone is 1. The third-order valence-electron chi connectivity index (χ3n) is 4.58. The highest BCUT2D eigenvalue weighted by atomic mass is 16.6. The topological polar surface area (TPSA) is 59.1 Å². The highest BCUT2D eigenvalue weighted by Crippen LogP contribution is 2.49. The van der Waals surface area contributed by atoms with Crippen molar-refractivity contribution >= 4 is 5.97 Å². The summed E-state index contributed by atoms with van der Waals surface area (Å²) in [5.74, 6) is -0.742. The maximum absolute atomic E-state index is 11.7. The maximum atomic E-state index is 11.7. The average molecular weight is 264 g/mol. The van der Waals surface area contributed by atoms with Crippen LogP contribution in [0.15, 0.2) is 23.8 Å². The van der Waals surface area contributed by atoms with Gasteiger partial charge in [0.15, 0.2) is 0 Å². The van der Waals surface area contributed by atoms with Crippen molar-refractivity contribution in [1.29, 1.82) is 0 Å². The number of carbonyl (C=O) groups is 1. The largest absolute Gasteiger partial charge is 0.455 e. The van der Waals surface area contributed by atoms with Gasteiger partial charge in [-0.1, -0.05) is 18.2 Å². The van der Waals surface area contributed by atoms with Crippen molar-refractivity contribution in [3.8, 4) is 0 Å². The molecule has 0 bridgehead atoms. The fourth-order valence-corrected chi connectivity index (χ4v) is 3.33. The number of esters is 1. The number of aliphatic hydroxyl groups excluding tert-OH is 1. The predicted octanol–water partition coefficient (Wildman–Crippen LogP) is 1.73. The van der Waals surface area contributed by atoms with E-state index in [2.05, 4.69) is 12.7 Å². The molecule has 5 atom stereocenters. The minimum absolute atomic E-state index is 0.109. The van der Waals surface area contributed by atoms with Crippen LogP contribution < -0.4 is 0 Å². The Morgan fingerprint density at radius 2 is 2.26 bits per heavy atom. The quantitative estimate of drug-likeness (QED) is 0.313. The van der Waals surface area contributed by atoms with Crippen LogP contribution in [0.1, 0.15) is 33.1 Å². The van der Waals surface area contributed by atoms with Gasteiger partial charge in [0.1, 0.15) is 12.2 Å². The van der Waals surface area contributed by atoms with Gasteiger partial charge < -0.3 is 14.6 Å². The van der Waals surface area contributed by atoms with Crippen LogP contribution in [0.5, 0.6) is 0 Å². The molecule has 2 fully saturated rings. The molecule has 3 rings (SSSR count). The molecule has 0 radical (unpaired) electrons. The van der Waals surface area contributed by atoms with Crippen molar-refractivity contribution in [3.63, 3.8) is 0 Å². The Hall–Kier alpha value is -1.13. The molecule has 104 valence electrons. The van der Waals surface area contributed by atoms with Crippen LogP contribution in [0.4, 0.5) is 0 Å². The highest BCUT2D eigenvalue weighted by Gasteiger charge is 2.62. The number of hydrogen-bond acceptors (Lipinski definition) is 4. The van der Waals surface area contributed by atoms with Crippen LogP contribution >= 0.6 is 0 Å². The minimum Gasteiger partial charge on any atom is -0.455 e. The average Bonchev–Trinajstić information content (AvgIpc) is 2.89. The molecule has 2 heterocycles. The van der Waals surface area contributed by atoms with E-state index in [9.17, 15) is 9.90 Å². The summed E-state index contributed by atoms with van der Waals surface area (Å²) in [5, 5.41) is 10.4. The van der Waals surface area contributed by atoms with E-state index in [1.165, 1.54) is 0 Å². The van der Waals surface area contributed by atoms with Crippen LogP contribution in [0.3, 0.4) is 0 Å². The van der Waals surface area contributed by atoms with Crippen molar-refractivity contribution < 1.29 is 19.4 Å². The van der Waals surface area contributed by atoms with Crippen molar-refractivity contribution in [2.24, 2.45) is 5.92 Å². The first-order valence-corrected chi connectivity index (χ1v) is 6.84. The molecule has 0 aromatic carbocycles. The van der Waals surface area contributed by atoms with Gasteiger partial charge in [0, 0.05) is 5.57 Å². The lowest BCUT2D eigenvalue weighted by atomic mass is 9.82. The Balaban J connectivity index is 1.93. The van der Waals surface area contributed by atoms with Gasteiger partial charge in [-0.3, -0.25) is 0 Å². The van der Waals surface area contributed by atoms with E-state index in [1.807, 2.05) is 13.8 Å². The van der Waals surface area contributed by atoms with Crippen LogP contribution in [-0.4, -0.2) is 35.0 Å². The first-order chi connectivity index (χ1) is 8.92. The zero-order valence-corrected chi connectivity index (χ0v) is 11.4. The van der Waals surface area contributed by atoms with Crippen molar-refractivity contribution in [2.75, 3.05) is 0 Å². The van der Waals surface area contributed by atoms with E-state index in [4.69, 9.17) is 9.47 Å². The Kier molecular flexibility index (Phi) is 2.84. The zero-order valence-electron chi connectivity index (χ0n) is 11.4. The molecule has 0 aromatic heterocycles. The number of fused-ring (bicyclic) bond motifs is 3. The molecule has 4 nitrogen and oxygen atoms in total. The monoisotopic (exact) mass is 264 g/mol. The summed E-state index contributed by atoms with van der Waals surface area (Å²) < 4.78 is 11.2. The predicted molar refractivity (Wildman–Crippen MR) is 69.4 cm³/mol. The third kappa shape index (κ3) is 2.03. The molecule has 0 amide bonds. The number of epoxide rings is 1. The second-order valence-electron chi connectivity index (χ2n) is 6.13. The molecule has 2 saturated heterocycles. The lowest BCUT2D eigenvalue weighted by Crippen LogP contribution is -2.35. The first-order valence-electron chi connectivity index (χ1n) is 6.84. The molecule has 1 aliphatic carbocycles. The van der Waals surface area contributed by atoms with Gasteiger partial charge in [0.2, 0.25) is 0 Å². The van der Waals surface area contributed by atoms with Crippen molar-refractivity contribution in [3.05, 3.63) is 23.8 Å². The molecular formula is C15H20O4. The summed E-state index contributed by atoms with van der Waals surface area (Å²) in [4.78, 5) is 11.7. The Morgan fingerprint density at radius 1 is 1.53 bits per heavy atom. The summed E-state index contributed by atoms with van der Waals surface area (Å²) in [6, 6.07) is 0. The van der Waals surface area contributed by atoms with Crippen LogP contribution in [-0.2, 0) is 14.3 Å². The summed E-state index contributed by atoms with van der Waals surface area (Å²) in [6.07, 6.45) is 3.42. The normalized spacial score (nSPS) is 48.7. The smallest absolute Gasteiger partial charge is 0.334 e. The van der Waals surface area contributed by atoms with Crippen molar-refractivity contribution in [2.45, 2.75) is 57.0 Å². The Labute approximate surface area is 113 Å². The summed E-state index contributed by atoms with van der Waals surface area (Å²) in [5.41, 5.74) is 1.28. The van der Waals surface area contributed by atoms with Gasteiger partial charge in [-0.25, -0.2) is 4.79 Å². The highest BCUT2D eigenvalue weighted by molar-refractivity contribution is 5.91. The second kappa shape index (κ2) is 4.18. The fraction of sp³-hybridized carbons (Fsp3) is 0.667. The Bertz CT molecular complexity index is 467. The van der Waals surface area contributed by atoms with E-state index in [-0.39, 0.29) is 23.7 Å². The van der Waals surface area contributed by atoms with Crippen LogP contribution in [0.2, 0.25) is 0 Å².